The number of ether oxygens (including phenoxy) is 2. The highest BCUT2D eigenvalue weighted by molar-refractivity contribution is 5.37. The lowest BCUT2D eigenvalue weighted by molar-refractivity contribution is -0.0110. The number of fused-ring (bicyclic) bond motifs is 1. The van der Waals surface area contributed by atoms with Crippen LogP contribution < -0.4 is 10.1 Å². The van der Waals surface area contributed by atoms with E-state index in [4.69, 9.17) is 9.47 Å². The van der Waals surface area contributed by atoms with E-state index >= 15 is 0 Å². The van der Waals surface area contributed by atoms with Crippen molar-refractivity contribution in [3.05, 3.63) is 29.3 Å². The van der Waals surface area contributed by atoms with Crippen molar-refractivity contribution in [3.63, 3.8) is 0 Å². The average molecular weight is 233 g/mol. The molecule has 0 aromatic heterocycles. The molecular weight excluding hydrogens is 214 g/mol. The van der Waals surface area contributed by atoms with Crippen LogP contribution in [0.3, 0.4) is 0 Å². The standard InChI is InChI=1S/C14H19NO2/c1-2-6-16-14(3-1)10-17-13-5-4-11-8-15-9-12(11)7-13/h4-5,7,14-15H,1-3,6,8-10H2. The lowest BCUT2D eigenvalue weighted by atomic mass is 10.1. The summed E-state index contributed by atoms with van der Waals surface area (Å²) in [6.07, 6.45) is 3.88. The van der Waals surface area contributed by atoms with Crippen LogP contribution >= 0.6 is 0 Å². The van der Waals surface area contributed by atoms with Gasteiger partial charge in [0.15, 0.2) is 0 Å². The van der Waals surface area contributed by atoms with Gasteiger partial charge in [0.25, 0.3) is 0 Å². The highest BCUT2D eigenvalue weighted by Crippen LogP contribution is 2.22. The van der Waals surface area contributed by atoms with Gasteiger partial charge in [-0.2, -0.15) is 0 Å². The van der Waals surface area contributed by atoms with Crippen LogP contribution in [0.5, 0.6) is 5.75 Å². The molecule has 1 atom stereocenters. The van der Waals surface area contributed by atoms with E-state index < -0.39 is 0 Å². The minimum Gasteiger partial charge on any atom is -0.491 e. The van der Waals surface area contributed by atoms with E-state index in [1.807, 2.05) is 0 Å². The van der Waals surface area contributed by atoms with E-state index in [9.17, 15) is 0 Å². The van der Waals surface area contributed by atoms with Gasteiger partial charge in [-0.05, 0) is 42.5 Å². The van der Waals surface area contributed by atoms with Gasteiger partial charge in [0, 0.05) is 19.7 Å². The third-order valence-electron chi connectivity index (χ3n) is 3.52. The molecule has 1 aromatic carbocycles. The van der Waals surface area contributed by atoms with Crippen LogP contribution in [0.2, 0.25) is 0 Å². The first kappa shape index (κ1) is 11.1. The minimum absolute atomic E-state index is 0.287. The second-order valence-corrected chi connectivity index (χ2v) is 4.83. The molecule has 0 spiro atoms. The van der Waals surface area contributed by atoms with E-state index in [2.05, 4.69) is 23.5 Å². The maximum absolute atomic E-state index is 5.82. The molecule has 0 saturated carbocycles. The minimum atomic E-state index is 0.287. The number of hydrogen-bond donors (Lipinski definition) is 1. The van der Waals surface area contributed by atoms with Crippen LogP contribution in [0.25, 0.3) is 0 Å². The van der Waals surface area contributed by atoms with E-state index in [0.29, 0.717) is 6.61 Å². The lowest BCUT2D eigenvalue weighted by Crippen LogP contribution is -2.25. The summed E-state index contributed by atoms with van der Waals surface area (Å²) in [5, 5.41) is 3.34. The van der Waals surface area contributed by atoms with Crippen molar-refractivity contribution in [2.24, 2.45) is 0 Å². The monoisotopic (exact) mass is 233 g/mol. The molecule has 3 rings (SSSR count). The summed E-state index contributed by atoms with van der Waals surface area (Å²) in [5.74, 6) is 0.974. The number of benzene rings is 1. The summed E-state index contributed by atoms with van der Waals surface area (Å²) in [6, 6.07) is 6.37. The zero-order valence-corrected chi connectivity index (χ0v) is 10.1. The summed E-state index contributed by atoms with van der Waals surface area (Å²) in [6.45, 7) is 3.53. The number of hydrogen-bond acceptors (Lipinski definition) is 3. The molecule has 3 nitrogen and oxygen atoms in total. The Labute approximate surface area is 102 Å². The molecule has 3 heteroatoms. The van der Waals surface area contributed by atoms with Crippen molar-refractivity contribution in [1.82, 2.24) is 5.32 Å². The molecule has 17 heavy (non-hydrogen) atoms. The lowest BCUT2D eigenvalue weighted by Gasteiger charge is -2.22. The summed E-state index contributed by atoms with van der Waals surface area (Å²) in [4.78, 5) is 0. The van der Waals surface area contributed by atoms with Gasteiger partial charge < -0.3 is 14.8 Å². The molecule has 1 aromatic rings. The molecule has 1 N–H and O–H groups in total. The van der Waals surface area contributed by atoms with E-state index in [1.165, 1.54) is 24.0 Å². The maximum atomic E-state index is 5.82. The van der Waals surface area contributed by atoms with Gasteiger partial charge in [0.2, 0.25) is 0 Å². The summed E-state index contributed by atoms with van der Waals surface area (Å²) < 4.78 is 11.5. The first-order valence-corrected chi connectivity index (χ1v) is 6.49. The molecule has 0 amide bonds. The van der Waals surface area contributed by atoms with E-state index in [0.717, 1.165) is 31.9 Å². The smallest absolute Gasteiger partial charge is 0.119 e. The molecule has 0 radical (unpaired) electrons. The van der Waals surface area contributed by atoms with Gasteiger partial charge in [-0.3, -0.25) is 0 Å². The molecule has 1 unspecified atom stereocenters. The largest absolute Gasteiger partial charge is 0.491 e. The van der Waals surface area contributed by atoms with Crippen molar-refractivity contribution < 1.29 is 9.47 Å². The molecule has 2 aliphatic heterocycles. The van der Waals surface area contributed by atoms with Gasteiger partial charge in [0.1, 0.15) is 12.4 Å². The molecule has 2 heterocycles. The van der Waals surface area contributed by atoms with Gasteiger partial charge in [-0.25, -0.2) is 0 Å². The molecular formula is C14H19NO2. The predicted octanol–water partition coefficient (Wildman–Crippen LogP) is 2.24. The van der Waals surface area contributed by atoms with Crippen LogP contribution in [-0.2, 0) is 17.8 Å². The third kappa shape index (κ3) is 2.61. The van der Waals surface area contributed by atoms with Gasteiger partial charge in [0.05, 0.1) is 6.10 Å². The van der Waals surface area contributed by atoms with Crippen LogP contribution in [0.4, 0.5) is 0 Å². The van der Waals surface area contributed by atoms with Gasteiger partial charge in [-0.1, -0.05) is 6.07 Å². The quantitative estimate of drug-likeness (QED) is 0.868. The fourth-order valence-corrected chi connectivity index (χ4v) is 2.49. The third-order valence-corrected chi connectivity index (χ3v) is 3.52. The van der Waals surface area contributed by atoms with E-state index in [-0.39, 0.29) is 6.10 Å². The Bertz CT molecular complexity index is 386. The SMILES string of the molecule is c1cc2c(cc1OCC1CCCCO1)CNC2. The summed E-state index contributed by atoms with van der Waals surface area (Å²) >= 11 is 0. The van der Waals surface area contributed by atoms with Crippen LogP contribution in [0.15, 0.2) is 18.2 Å². The van der Waals surface area contributed by atoms with Crippen molar-refractivity contribution in [1.29, 1.82) is 0 Å². The van der Waals surface area contributed by atoms with Crippen LogP contribution in [0.1, 0.15) is 30.4 Å². The molecule has 0 aliphatic carbocycles. The molecule has 0 bridgehead atoms. The summed E-state index contributed by atoms with van der Waals surface area (Å²) in [7, 11) is 0. The molecule has 92 valence electrons. The summed E-state index contributed by atoms with van der Waals surface area (Å²) in [5.41, 5.74) is 2.76. The topological polar surface area (TPSA) is 30.5 Å². The van der Waals surface area contributed by atoms with Crippen molar-refractivity contribution >= 4 is 0 Å². The first-order valence-electron chi connectivity index (χ1n) is 6.49. The Morgan fingerprint density at radius 3 is 3.06 bits per heavy atom. The van der Waals surface area contributed by atoms with E-state index in [1.54, 1.807) is 0 Å². The van der Waals surface area contributed by atoms with Crippen molar-refractivity contribution in [2.45, 2.75) is 38.5 Å². The average Bonchev–Trinajstić information content (AvgIpc) is 2.85. The van der Waals surface area contributed by atoms with Crippen molar-refractivity contribution in [2.75, 3.05) is 13.2 Å². The molecule has 1 fully saturated rings. The molecule has 1 saturated heterocycles. The fraction of sp³-hybridized carbons (Fsp3) is 0.571. The Morgan fingerprint density at radius 1 is 1.24 bits per heavy atom. The van der Waals surface area contributed by atoms with Gasteiger partial charge in [-0.15, -0.1) is 0 Å². The Morgan fingerprint density at radius 2 is 2.18 bits per heavy atom. The first-order chi connectivity index (χ1) is 8.42. The maximum Gasteiger partial charge on any atom is 0.119 e. The Hall–Kier alpha value is -1.06. The second-order valence-electron chi connectivity index (χ2n) is 4.83. The normalized spacial score (nSPS) is 23.4. The number of rotatable bonds is 3. The molecule has 2 aliphatic rings. The zero-order chi connectivity index (χ0) is 11.5. The highest BCUT2D eigenvalue weighted by atomic mass is 16.5. The fourth-order valence-electron chi connectivity index (χ4n) is 2.49. The highest BCUT2D eigenvalue weighted by Gasteiger charge is 2.15. The van der Waals surface area contributed by atoms with Gasteiger partial charge >= 0.3 is 0 Å². The van der Waals surface area contributed by atoms with Crippen LogP contribution in [0, 0.1) is 0 Å². The Kier molecular flexibility index (Phi) is 3.29. The number of nitrogens with one attached hydrogen (secondary N) is 1. The predicted molar refractivity (Wildman–Crippen MR) is 66.1 cm³/mol. The Balaban J connectivity index is 1.57. The van der Waals surface area contributed by atoms with Crippen LogP contribution in [-0.4, -0.2) is 19.3 Å². The van der Waals surface area contributed by atoms with Crippen molar-refractivity contribution in [3.8, 4) is 5.75 Å². The second kappa shape index (κ2) is 5.07. The zero-order valence-electron chi connectivity index (χ0n) is 10.1.